The molecule has 8 rings (SSSR count). The van der Waals surface area contributed by atoms with E-state index in [1.807, 2.05) is 19.9 Å². The highest BCUT2D eigenvalue weighted by molar-refractivity contribution is 6.33. The van der Waals surface area contributed by atoms with Gasteiger partial charge in [0, 0.05) is 23.4 Å². The first kappa shape index (κ1) is 22.8. The predicted molar refractivity (Wildman–Crippen MR) is 129 cm³/mol. The number of benzene rings is 1. The van der Waals surface area contributed by atoms with Gasteiger partial charge in [-0.3, -0.25) is 0 Å². The number of ether oxygens (including phenoxy) is 2. The van der Waals surface area contributed by atoms with Crippen molar-refractivity contribution in [1.29, 1.82) is 0 Å². The third kappa shape index (κ3) is 3.24. The second kappa shape index (κ2) is 7.58. The van der Waals surface area contributed by atoms with Crippen LogP contribution < -0.4 is 5.32 Å². The zero-order valence-electron chi connectivity index (χ0n) is 19.9. The Morgan fingerprint density at radius 3 is 2.75 bits per heavy atom. The lowest BCUT2D eigenvalue weighted by Crippen LogP contribution is -2.70. The molecular formula is C25H27ClFN5O4. The van der Waals surface area contributed by atoms with Crippen molar-refractivity contribution in [2.24, 2.45) is 0 Å². The summed E-state index contributed by atoms with van der Waals surface area (Å²) in [6, 6.07) is 2.96. The first-order chi connectivity index (χ1) is 17.1. The highest BCUT2D eigenvalue weighted by atomic mass is 35.5. The molecule has 4 atom stereocenters. The van der Waals surface area contributed by atoms with Crippen molar-refractivity contribution >= 4 is 28.6 Å². The lowest BCUT2D eigenvalue weighted by atomic mass is 9.41. The molecule has 9 nitrogen and oxygen atoms in total. The van der Waals surface area contributed by atoms with Gasteiger partial charge >= 0.3 is 0 Å². The molecule has 5 fully saturated rings. The van der Waals surface area contributed by atoms with Gasteiger partial charge in [-0.2, -0.15) is 0 Å². The third-order valence-corrected chi connectivity index (χ3v) is 8.36. The molecule has 2 aliphatic heterocycles. The smallest absolute Gasteiger partial charge is 0.223 e. The van der Waals surface area contributed by atoms with Crippen molar-refractivity contribution in [2.75, 3.05) is 11.9 Å². The molecule has 3 aromatic rings. The SMILES string of the molecule is CC(C)n1c(C23CC(O)(C2)C3)nc2c(F)cc(-c3nc(N[C@@H]4C[C@H]5OC[C@H](O5)[C@H]4O)ncc3Cl)cc21. The number of anilines is 1. The van der Waals surface area contributed by atoms with E-state index in [0.29, 0.717) is 54.6 Å². The third-order valence-electron chi connectivity index (χ3n) is 8.09. The van der Waals surface area contributed by atoms with Crippen molar-refractivity contribution in [3.8, 4) is 11.3 Å². The molecule has 0 radical (unpaired) electrons. The van der Waals surface area contributed by atoms with Crippen LogP contribution in [0.4, 0.5) is 10.3 Å². The molecule has 11 heteroatoms. The van der Waals surface area contributed by atoms with Gasteiger partial charge in [-0.25, -0.2) is 19.3 Å². The Bertz CT molecular complexity index is 1380. The van der Waals surface area contributed by atoms with E-state index in [2.05, 4.69) is 19.9 Å². The van der Waals surface area contributed by atoms with Crippen molar-refractivity contribution in [3.63, 3.8) is 0 Å². The average molecular weight is 516 g/mol. The molecule has 4 bridgehead atoms. The van der Waals surface area contributed by atoms with Crippen LogP contribution in [0.1, 0.15) is 51.4 Å². The van der Waals surface area contributed by atoms with E-state index in [9.17, 15) is 10.2 Å². The maximum atomic E-state index is 15.4. The zero-order chi connectivity index (χ0) is 25.0. The number of hydrogen-bond donors (Lipinski definition) is 3. The van der Waals surface area contributed by atoms with Gasteiger partial charge in [0.2, 0.25) is 5.95 Å². The van der Waals surface area contributed by atoms with Crippen molar-refractivity contribution in [1.82, 2.24) is 19.5 Å². The summed E-state index contributed by atoms with van der Waals surface area (Å²) in [5, 5.41) is 24.3. The summed E-state index contributed by atoms with van der Waals surface area (Å²) in [6.45, 7) is 4.44. The van der Waals surface area contributed by atoms with Gasteiger partial charge in [-0.1, -0.05) is 11.6 Å². The molecule has 2 saturated heterocycles. The maximum absolute atomic E-state index is 15.4. The van der Waals surface area contributed by atoms with E-state index in [0.717, 1.165) is 5.82 Å². The van der Waals surface area contributed by atoms with Crippen LogP contribution in [-0.2, 0) is 14.9 Å². The normalized spacial score (nSPS) is 34.6. The number of rotatable bonds is 5. The second-order valence-corrected chi connectivity index (χ2v) is 11.5. The van der Waals surface area contributed by atoms with Crippen molar-refractivity contribution < 1.29 is 24.1 Å². The summed E-state index contributed by atoms with van der Waals surface area (Å²) in [5.41, 5.74) is 1.12. The first-order valence-electron chi connectivity index (χ1n) is 12.3. The highest BCUT2D eigenvalue weighted by Gasteiger charge is 2.70. The number of imidazole rings is 1. The summed E-state index contributed by atoms with van der Waals surface area (Å²) in [7, 11) is 0. The zero-order valence-corrected chi connectivity index (χ0v) is 20.7. The van der Waals surface area contributed by atoms with Gasteiger partial charge in [-0.15, -0.1) is 0 Å². The quantitative estimate of drug-likeness (QED) is 0.474. The number of fused-ring (bicyclic) bond motifs is 3. The molecule has 3 aliphatic carbocycles. The van der Waals surface area contributed by atoms with Crippen LogP contribution in [0.2, 0.25) is 5.02 Å². The number of nitrogens with one attached hydrogen (secondary N) is 1. The van der Waals surface area contributed by atoms with Crippen LogP contribution in [0.15, 0.2) is 18.3 Å². The average Bonchev–Trinajstić information content (AvgIpc) is 3.38. The monoisotopic (exact) mass is 515 g/mol. The number of aliphatic hydroxyl groups excluding tert-OH is 1. The van der Waals surface area contributed by atoms with Crippen molar-refractivity contribution in [2.45, 2.75) is 81.1 Å². The molecule has 4 heterocycles. The van der Waals surface area contributed by atoms with Gasteiger partial charge < -0.3 is 29.6 Å². The maximum Gasteiger partial charge on any atom is 0.223 e. The topological polar surface area (TPSA) is 115 Å². The molecule has 2 aromatic heterocycles. The van der Waals surface area contributed by atoms with Gasteiger partial charge in [0.05, 0.1) is 40.7 Å². The van der Waals surface area contributed by atoms with E-state index >= 15 is 4.39 Å². The summed E-state index contributed by atoms with van der Waals surface area (Å²) < 4.78 is 28.6. The molecule has 36 heavy (non-hydrogen) atoms. The van der Waals surface area contributed by atoms with E-state index in [1.54, 1.807) is 0 Å². The number of aliphatic hydroxyl groups is 2. The Morgan fingerprint density at radius 2 is 2.03 bits per heavy atom. The summed E-state index contributed by atoms with van der Waals surface area (Å²) in [4.78, 5) is 13.6. The lowest BCUT2D eigenvalue weighted by molar-refractivity contribution is -0.217. The van der Waals surface area contributed by atoms with Crippen molar-refractivity contribution in [3.05, 3.63) is 35.0 Å². The molecule has 3 N–H and O–H groups in total. The predicted octanol–water partition coefficient (Wildman–Crippen LogP) is 3.32. The van der Waals surface area contributed by atoms with Crippen LogP contribution >= 0.6 is 11.6 Å². The van der Waals surface area contributed by atoms with Crippen LogP contribution in [0.5, 0.6) is 0 Å². The fourth-order valence-corrected chi connectivity index (χ4v) is 6.69. The summed E-state index contributed by atoms with van der Waals surface area (Å²) in [5.74, 6) is 0.660. The fourth-order valence-electron chi connectivity index (χ4n) is 6.49. The van der Waals surface area contributed by atoms with Crippen LogP contribution in [0, 0.1) is 5.82 Å². The minimum atomic E-state index is -0.769. The van der Waals surface area contributed by atoms with Gasteiger partial charge in [0.1, 0.15) is 23.5 Å². The Labute approximate surface area is 211 Å². The van der Waals surface area contributed by atoms with Gasteiger partial charge in [-0.05, 0) is 45.2 Å². The fraction of sp³-hybridized carbons (Fsp3) is 0.560. The minimum Gasteiger partial charge on any atom is -0.390 e. The first-order valence-corrected chi connectivity index (χ1v) is 12.7. The summed E-state index contributed by atoms with van der Waals surface area (Å²) in [6.07, 6.45) is 2.40. The van der Waals surface area contributed by atoms with Gasteiger partial charge in [0.25, 0.3) is 0 Å². The number of halogens is 2. The van der Waals surface area contributed by atoms with Gasteiger partial charge in [0.15, 0.2) is 12.1 Å². The molecule has 0 spiro atoms. The lowest BCUT2D eigenvalue weighted by Gasteiger charge is -2.67. The Hall–Kier alpha value is -2.37. The van der Waals surface area contributed by atoms with E-state index in [-0.39, 0.29) is 34.8 Å². The van der Waals surface area contributed by atoms with E-state index < -0.39 is 23.6 Å². The molecule has 5 aliphatic rings. The van der Waals surface area contributed by atoms with E-state index in [1.165, 1.54) is 12.3 Å². The standard InChI is InChI=1S/C25H27ClFN5O4/c1-11(2)32-16-4-12(3-14(27)20(16)30-22(32)24-8-25(34,9-24)10-24)19-13(26)6-28-23(31-19)29-15-5-18-35-7-17(36-18)21(15)33/h3-4,6,11,15,17-18,21,33-34H,5,7-10H2,1-2H3,(H,28,29,31)/t15-,17+,18+,21+,24?,25?/m1/s1. The highest BCUT2D eigenvalue weighted by Crippen LogP contribution is 2.67. The molecule has 190 valence electrons. The minimum absolute atomic E-state index is 0.0500. The number of aromatic nitrogens is 4. The Kier molecular flexibility index (Phi) is 4.80. The van der Waals surface area contributed by atoms with Crippen LogP contribution in [0.25, 0.3) is 22.3 Å². The van der Waals surface area contributed by atoms with Crippen LogP contribution in [-0.4, -0.2) is 66.5 Å². The van der Waals surface area contributed by atoms with E-state index in [4.69, 9.17) is 26.1 Å². The number of hydrogen-bond acceptors (Lipinski definition) is 8. The molecular weight excluding hydrogens is 489 g/mol. The molecule has 1 aromatic carbocycles. The second-order valence-electron chi connectivity index (χ2n) is 11.1. The molecule has 0 amide bonds. The Balaban J connectivity index is 1.27. The summed E-state index contributed by atoms with van der Waals surface area (Å²) >= 11 is 6.48. The van der Waals surface area contributed by atoms with Crippen LogP contribution in [0.3, 0.4) is 0 Å². The Morgan fingerprint density at radius 1 is 1.25 bits per heavy atom. The number of nitrogens with zero attached hydrogens (tertiary/aromatic N) is 4. The largest absolute Gasteiger partial charge is 0.390 e. The molecule has 0 unspecified atom stereocenters. The molecule has 3 saturated carbocycles.